The summed E-state index contributed by atoms with van der Waals surface area (Å²) in [7, 11) is 0. The maximum Gasteiger partial charge on any atom is 0.241 e. The summed E-state index contributed by atoms with van der Waals surface area (Å²) in [6, 6.07) is 0. The maximum absolute atomic E-state index is 11.1. The Morgan fingerprint density at radius 2 is 2.14 bits per heavy atom. The van der Waals surface area contributed by atoms with E-state index in [4.69, 9.17) is 5.73 Å². The minimum Gasteiger partial charge on any atom is -0.387 e. The number of nitrogens with one attached hydrogen (secondary N) is 1. The van der Waals surface area contributed by atoms with Crippen LogP contribution in [0.5, 0.6) is 0 Å². The minimum atomic E-state index is -0.0477. The Morgan fingerprint density at radius 1 is 1.50 bits per heavy atom. The molecule has 0 saturated heterocycles. The zero-order valence-corrected chi connectivity index (χ0v) is 8.75. The first kappa shape index (κ1) is 11.0. The fourth-order valence-electron chi connectivity index (χ4n) is 1.77. The molecule has 3 N–H and O–H groups in total. The normalized spacial score (nSPS) is 18.5. The number of amides is 1. The zero-order chi connectivity index (χ0) is 10.4. The number of aliphatic imine (C=N–C) groups is 1. The van der Waals surface area contributed by atoms with Gasteiger partial charge in [0.05, 0.1) is 5.84 Å². The Bertz CT molecular complexity index is 219. The lowest BCUT2D eigenvalue weighted by atomic mass is 10.1. The molecule has 0 aromatic carbocycles. The lowest BCUT2D eigenvalue weighted by Gasteiger charge is -2.07. The number of nitrogens with two attached hydrogens (primary N) is 1. The summed E-state index contributed by atoms with van der Waals surface area (Å²) in [5, 5.41) is 2.69. The van der Waals surface area contributed by atoms with Gasteiger partial charge in [-0.15, -0.1) is 0 Å². The fraction of sp³-hybridized carbons (Fsp3) is 0.800. The molecule has 1 aliphatic rings. The number of carbonyl (C=O) groups excluding carboxylic acids is 1. The molecule has 0 aromatic rings. The van der Waals surface area contributed by atoms with Gasteiger partial charge < -0.3 is 11.1 Å². The van der Waals surface area contributed by atoms with Crippen LogP contribution in [-0.4, -0.2) is 24.8 Å². The minimum absolute atomic E-state index is 0.0477. The van der Waals surface area contributed by atoms with Crippen LogP contribution in [0.2, 0.25) is 0 Å². The highest BCUT2D eigenvalue weighted by Gasteiger charge is 2.18. The van der Waals surface area contributed by atoms with Gasteiger partial charge in [0.2, 0.25) is 5.91 Å². The third kappa shape index (κ3) is 3.36. The quantitative estimate of drug-likeness (QED) is 0.514. The van der Waals surface area contributed by atoms with E-state index in [1.807, 2.05) is 6.92 Å². The standard InChI is InChI=1S/C10H19N3O/c1-2-12-9(14)7-13-10(11)8-5-3-4-6-8/h8H,2-7H2,1H3,(H2,11,13)(H,12,14). The van der Waals surface area contributed by atoms with Crippen LogP contribution >= 0.6 is 0 Å². The van der Waals surface area contributed by atoms with E-state index >= 15 is 0 Å². The van der Waals surface area contributed by atoms with Crippen LogP contribution < -0.4 is 11.1 Å². The first-order valence-electron chi connectivity index (χ1n) is 5.30. The van der Waals surface area contributed by atoms with Gasteiger partial charge in [0.1, 0.15) is 6.54 Å². The average Bonchev–Trinajstić information content (AvgIpc) is 2.67. The Kier molecular flexibility index (Phi) is 4.43. The molecule has 4 heteroatoms. The number of rotatable bonds is 4. The number of nitrogens with zero attached hydrogens (tertiary/aromatic N) is 1. The Morgan fingerprint density at radius 3 is 2.71 bits per heavy atom. The van der Waals surface area contributed by atoms with Crippen molar-refractivity contribution >= 4 is 11.7 Å². The van der Waals surface area contributed by atoms with Gasteiger partial charge >= 0.3 is 0 Å². The van der Waals surface area contributed by atoms with E-state index in [0.717, 1.165) is 12.8 Å². The molecule has 1 rings (SSSR count). The van der Waals surface area contributed by atoms with Gasteiger partial charge in [-0.25, -0.2) is 0 Å². The summed E-state index contributed by atoms with van der Waals surface area (Å²) in [5.41, 5.74) is 5.79. The van der Waals surface area contributed by atoms with Crippen LogP contribution in [0.3, 0.4) is 0 Å². The molecule has 4 nitrogen and oxygen atoms in total. The first-order chi connectivity index (χ1) is 6.74. The van der Waals surface area contributed by atoms with Gasteiger partial charge in [-0.3, -0.25) is 9.79 Å². The van der Waals surface area contributed by atoms with Crippen molar-refractivity contribution in [1.29, 1.82) is 0 Å². The van der Waals surface area contributed by atoms with E-state index < -0.39 is 0 Å². The van der Waals surface area contributed by atoms with Gasteiger partial charge in [0.25, 0.3) is 0 Å². The highest BCUT2D eigenvalue weighted by molar-refractivity contribution is 5.86. The summed E-state index contributed by atoms with van der Waals surface area (Å²) in [6.45, 7) is 2.72. The Balaban J connectivity index is 2.31. The molecule has 0 heterocycles. The van der Waals surface area contributed by atoms with Gasteiger partial charge in [0.15, 0.2) is 0 Å². The Labute approximate surface area is 85.0 Å². The molecule has 14 heavy (non-hydrogen) atoms. The molecule has 0 aromatic heterocycles. The highest BCUT2D eigenvalue weighted by Crippen LogP contribution is 2.24. The average molecular weight is 197 g/mol. The third-order valence-corrected chi connectivity index (χ3v) is 2.55. The molecule has 0 spiro atoms. The van der Waals surface area contributed by atoms with Crippen LogP contribution in [0.1, 0.15) is 32.6 Å². The van der Waals surface area contributed by atoms with Crippen molar-refractivity contribution in [3.05, 3.63) is 0 Å². The summed E-state index contributed by atoms with van der Waals surface area (Å²) < 4.78 is 0. The predicted octanol–water partition coefficient (Wildman–Crippen LogP) is 0.670. The lowest BCUT2D eigenvalue weighted by molar-refractivity contribution is -0.119. The SMILES string of the molecule is CCNC(=O)CN=C(N)C1CCCC1. The van der Waals surface area contributed by atoms with Crippen LogP contribution in [0.25, 0.3) is 0 Å². The predicted molar refractivity (Wildman–Crippen MR) is 57.1 cm³/mol. The van der Waals surface area contributed by atoms with Gasteiger partial charge in [-0.1, -0.05) is 12.8 Å². The molecule has 0 unspecified atom stereocenters. The van der Waals surface area contributed by atoms with Crippen molar-refractivity contribution in [1.82, 2.24) is 5.32 Å². The topological polar surface area (TPSA) is 67.5 Å². The van der Waals surface area contributed by atoms with Crippen LogP contribution in [-0.2, 0) is 4.79 Å². The number of hydrogen-bond acceptors (Lipinski definition) is 2. The van der Waals surface area contributed by atoms with Crippen LogP contribution in [0, 0.1) is 5.92 Å². The van der Waals surface area contributed by atoms with E-state index in [9.17, 15) is 4.79 Å². The van der Waals surface area contributed by atoms with E-state index in [1.54, 1.807) is 0 Å². The molecule has 0 aliphatic heterocycles. The molecule has 1 saturated carbocycles. The highest BCUT2D eigenvalue weighted by atomic mass is 16.1. The number of hydrogen-bond donors (Lipinski definition) is 2. The Hall–Kier alpha value is -1.06. The molecule has 1 fully saturated rings. The molecular weight excluding hydrogens is 178 g/mol. The van der Waals surface area contributed by atoms with E-state index in [-0.39, 0.29) is 12.5 Å². The largest absolute Gasteiger partial charge is 0.387 e. The van der Waals surface area contributed by atoms with Gasteiger partial charge in [0, 0.05) is 12.5 Å². The van der Waals surface area contributed by atoms with Crippen molar-refractivity contribution in [3.8, 4) is 0 Å². The number of likely N-dealkylation sites (N-methyl/N-ethyl adjacent to an activating group) is 1. The van der Waals surface area contributed by atoms with Crippen molar-refractivity contribution in [2.45, 2.75) is 32.6 Å². The van der Waals surface area contributed by atoms with E-state index in [2.05, 4.69) is 10.3 Å². The number of amidine groups is 1. The monoisotopic (exact) mass is 197 g/mol. The maximum atomic E-state index is 11.1. The first-order valence-corrected chi connectivity index (χ1v) is 5.30. The lowest BCUT2D eigenvalue weighted by Crippen LogP contribution is -2.28. The molecule has 0 atom stereocenters. The smallest absolute Gasteiger partial charge is 0.241 e. The van der Waals surface area contributed by atoms with Crippen molar-refractivity contribution in [3.63, 3.8) is 0 Å². The van der Waals surface area contributed by atoms with Crippen molar-refractivity contribution in [2.24, 2.45) is 16.6 Å². The fourth-order valence-corrected chi connectivity index (χ4v) is 1.77. The molecule has 1 amide bonds. The molecule has 1 aliphatic carbocycles. The third-order valence-electron chi connectivity index (χ3n) is 2.55. The van der Waals surface area contributed by atoms with E-state index in [1.165, 1.54) is 12.8 Å². The van der Waals surface area contributed by atoms with Crippen LogP contribution in [0.15, 0.2) is 4.99 Å². The molecular formula is C10H19N3O. The van der Waals surface area contributed by atoms with Gasteiger partial charge in [-0.2, -0.15) is 0 Å². The molecule has 0 radical (unpaired) electrons. The summed E-state index contributed by atoms with van der Waals surface area (Å²) in [5.74, 6) is 1.03. The number of carbonyl (C=O) groups is 1. The second-order valence-corrected chi connectivity index (χ2v) is 3.68. The van der Waals surface area contributed by atoms with Crippen LogP contribution in [0.4, 0.5) is 0 Å². The second-order valence-electron chi connectivity index (χ2n) is 3.68. The zero-order valence-electron chi connectivity index (χ0n) is 8.75. The molecule has 0 bridgehead atoms. The second kappa shape index (κ2) is 5.62. The van der Waals surface area contributed by atoms with E-state index in [0.29, 0.717) is 18.3 Å². The van der Waals surface area contributed by atoms with Gasteiger partial charge in [-0.05, 0) is 19.8 Å². The summed E-state index contributed by atoms with van der Waals surface area (Å²) in [6.07, 6.45) is 4.74. The summed E-state index contributed by atoms with van der Waals surface area (Å²) in [4.78, 5) is 15.2. The molecule has 80 valence electrons. The summed E-state index contributed by atoms with van der Waals surface area (Å²) >= 11 is 0. The van der Waals surface area contributed by atoms with Crippen molar-refractivity contribution in [2.75, 3.05) is 13.1 Å². The van der Waals surface area contributed by atoms with Crippen molar-refractivity contribution < 1.29 is 4.79 Å².